The largest absolute Gasteiger partial charge is 0.480 e. The Morgan fingerprint density at radius 2 is 1.86 bits per heavy atom. The minimum atomic E-state index is -1.27. The monoisotopic (exact) mass is 288 g/mol. The molecule has 1 unspecified atom stereocenters. The number of H-pyrrole nitrogens is 3. The zero-order valence-electron chi connectivity index (χ0n) is 10.8. The number of benzene rings is 1. The molecule has 2 aromatic heterocycles. The van der Waals surface area contributed by atoms with Gasteiger partial charge in [0.1, 0.15) is 6.04 Å². The van der Waals surface area contributed by atoms with Crippen LogP contribution < -0.4 is 11.4 Å². The van der Waals surface area contributed by atoms with Crippen LogP contribution in [0.15, 0.2) is 40.1 Å². The third-order valence-corrected chi connectivity index (χ3v) is 3.40. The van der Waals surface area contributed by atoms with Crippen molar-refractivity contribution in [1.82, 2.24) is 19.7 Å². The van der Waals surface area contributed by atoms with Crippen LogP contribution in [0.2, 0.25) is 0 Å². The maximum Gasteiger partial charge on any atom is 0.345 e. The van der Waals surface area contributed by atoms with Gasteiger partial charge in [-0.25, -0.2) is 29.1 Å². The van der Waals surface area contributed by atoms with Crippen molar-refractivity contribution < 1.29 is 9.90 Å². The molecule has 3 aromatic rings. The van der Waals surface area contributed by atoms with Gasteiger partial charge in [-0.15, -0.1) is 0 Å². The van der Waals surface area contributed by atoms with Crippen LogP contribution in [-0.2, 0) is 11.2 Å². The van der Waals surface area contributed by atoms with E-state index in [0.717, 1.165) is 16.5 Å². The van der Waals surface area contributed by atoms with Crippen LogP contribution in [0.3, 0.4) is 0 Å². The minimum Gasteiger partial charge on any atom is -0.480 e. The molecule has 0 aliphatic heterocycles. The Morgan fingerprint density at radius 3 is 2.52 bits per heavy atom. The summed E-state index contributed by atoms with van der Waals surface area (Å²) >= 11 is 0. The van der Waals surface area contributed by atoms with Gasteiger partial charge in [0.2, 0.25) is 0 Å². The van der Waals surface area contributed by atoms with E-state index in [1.807, 2.05) is 24.3 Å². The number of fused-ring (bicyclic) bond motifs is 1. The third kappa shape index (κ3) is 2.16. The van der Waals surface area contributed by atoms with Crippen LogP contribution >= 0.6 is 0 Å². The Labute approximate surface area is 117 Å². The van der Waals surface area contributed by atoms with Crippen molar-refractivity contribution in [3.8, 4) is 0 Å². The second kappa shape index (κ2) is 4.82. The fraction of sp³-hybridized carbons (Fsp3) is 0.154. The third-order valence-electron chi connectivity index (χ3n) is 3.40. The Balaban J connectivity index is 2.06. The maximum atomic E-state index is 11.6. The molecular formula is C13H12N4O4. The van der Waals surface area contributed by atoms with Gasteiger partial charge in [-0.1, -0.05) is 18.2 Å². The molecule has 0 fully saturated rings. The number of hydrogen-bond donors (Lipinski definition) is 4. The first-order valence-corrected chi connectivity index (χ1v) is 6.25. The summed E-state index contributed by atoms with van der Waals surface area (Å²) in [5.41, 5.74) is 0.0527. The average Bonchev–Trinajstić information content (AvgIpc) is 3.01. The van der Waals surface area contributed by atoms with Gasteiger partial charge in [0.25, 0.3) is 0 Å². The minimum absolute atomic E-state index is 0.0280. The first-order chi connectivity index (χ1) is 10.1. The van der Waals surface area contributed by atoms with Crippen LogP contribution in [0.25, 0.3) is 10.9 Å². The lowest BCUT2D eigenvalue weighted by molar-refractivity contribution is -0.141. The number of rotatable bonds is 4. The van der Waals surface area contributed by atoms with Gasteiger partial charge >= 0.3 is 17.3 Å². The van der Waals surface area contributed by atoms with Crippen LogP contribution in [0.1, 0.15) is 11.6 Å². The standard InChI is InChI=1S/C13H12N4O4/c18-11(19)10(17-12(20)15-16-13(17)21)5-7-6-14-9-4-2-1-3-8(7)9/h1-4,6,10,14H,5H2,(H,15,20)(H,16,21)(H,18,19). The fourth-order valence-corrected chi connectivity index (χ4v) is 2.40. The number of carboxylic acid groups (broad SMARTS) is 1. The first-order valence-electron chi connectivity index (χ1n) is 6.25. The van der Waals surface area contributed by atoms with Crippen LogP contribution in [0.5, 0.6) is 0 Å². The Kier molecular flexibility index (Phi) is 2.98. The molecule has 0 aliphatic carbocycles. The molecule has 0 aliphatic rings. The predicted octanol–water partition coefficient (Wildman–Crippen LogP) is 0.214. The Bertz CT molecular complexity index is 886. The maximum absolute atomic E-state index is 11.6. The molecule has 3 rings (SSSR count). The van der Waals surface area contributed by atoms with E-state index in [2.05, 4.69) is 15.2 Å². The molecule has 0 bridgehead atoms. The van der Waals surface area contributed by atoms with E-state index in [1.165, 1.54) is 0 Å². The molecule has 2 heterocycles. The molecule has 8 nitrogen and oxygen atoms in total. The number of aliphatic carboxylic acids is 1. The van der Waals surface area contributed by atoms with Crippen molar-refractivity contribution in [3.63, 3.8) is 0 Å². The molecule has 1 atom stereocenters. The molecule has 0 saturated heterocycles. The SMILES string of the molecule is O=C(O)C(Cc1c[nH]c2ccccc12)n1c(=O)[nH][nH]c1=O. The van der Waals surface area contributed by atoms with Crippen molar-refractivity contribution in [1.29, 1.82) is 0 Å². The average molecular weight is 288 g/mol. The molecule has 21 heavy (non-hydrogen) atoms. The summed E-state index contributed by atoms with van der Waals surface area (Å²) in [7, 11) is 0. The van der Waals surface area contributed by atoms with E-state index in [4.69, 9.17) is 0 Å². The van der Waals surface area contributed by atoms with E-state index >= 15 is 0 Å². The molecule has 0 spiro atoms. The van der Waals surface area contributed by atoms with Gasteiger partial charge in [-0.2, -0.15) is 0 Å². The van der Waals surface area contributed by atoms with E-state index < -0.39 is 23.4 Å². The number of carbonyl (C=O) groups is 1. The fourth-order valence-electron chi connectivity index (χ4n) is 2.40. The highest BCUT2D eigenvalue weighted by Crippen LogP contribution is 2.21. The zero-order valence-corrected chi connectivity index (χ0v) is 10.8. The second-order valence-corrected chi connectivity index (χ2v) is 4.65. The molecule has 8 heteroatoms. The van der Waals surface area contributed by atoms with Crippen molar-refractivity contribution >= 4 is 16.9 Å². The number of aromatic amines is 3. The van der Waals surface area contributed by atoms with Crippen molar-refractivity contribution in [2.75, 3.05) is 0 Å². The van der Waals surface area contributed by atoms with Crippen molar-refractivity contribution in [2.45, 2.75) is 12.5 Å². The summed E-state index contributed by atoms with van der Waals surface area (Å²) in [6.45, 7) is 0. The summed E-state index contributed by atoms with van der Waals surface area (Å²) in [4.78, 5) is 37.6. The quantitative estimate of drug-likeness (QED) is 0.548. The van der Waals surface area contributed by atoms with Crippen molar-refractivity contribution in [3.05, 3.63) is 57.0 Å². The molecule has 4 N–H and O–H groups in total. The topological polar surface area (TPSA) is 124 Å². The van der Waals surface area contributed by atoms with Gasteiger partial charge in [0, 0.05) is 23.5 Å². The van der Waals surface area contributed by atoms with E-state index in [1.54, 1.807) is 6.20 Å². The molecule has 108 valence electrons. The van der Waals surface area contributed by atoms with Gasteiger partial charge < -0.3 is 10.1 Å². The molecule has 0 saturated carbocycles. The van der Waals surface area contributed by atoms with Crippen LogP contribution in [-0.4, -0.2) is 30.8 Å². The van der Waals surface area contributed by atoms with Gasteiger partial charge in [-0.05, 0) is 11.6 Å². The lowest BCUT2D eigenvalue weighted by Crippen LogP contribution is -2.36. The highest BCUT2D eigenvalue weighted by molar-refractivity contribution is 5.84. The number of para-hydroxylation sites is 1. The van der Waals surface area contributed by atoms with Gasteiger partial charge in [-0.3, -0.25) is 0 Å². The summed E-state index contributed by atoms with van der Waals surface area (Å²) in [5, 5.41) is 14.4. The summed E-state index contributed by atoms with van der Waals surface area (Å²) in [6, 6.07) is 6.14. The van der Waals surface area contributed by atoms with Crippen LogP contribution in [0.4, 0.5) is 0 Å². The molecular weight excluding hydrogens is 276 g/mol. The number of hydrogen-bond acceptors (Lipinski definition) is 3. The number of nitrogens with one attached hydrogen (secondary N) is 3. The zero-order chi connectivity index (χ0) is 15.0. The van der Waals surface area contributed by atoms with Crippen LogP contribution in [0, 0.1) is 0 Å². The molecule has 0 amide bonds. The predicted molar refractivity (Wildman–Crippen MR) is 74.3 cm³/mol. The van der Waals surface area contributed by atoms with E-state index in [9.17, 15) is 19.5 Å². The summed E-state index contributed by atoms with van der Waals surface area (Å²) < 4.78 is 0.671. The van der Waals surface area contributed by atoms with E-state index in [0.29, 0.717) is 4.57 Å². The Hall–Kier alpha value is -3.03. The van der Waals surface area contributed by atoms with Gasteiger partial charge in [0.05, 0.1) is 0 Å². The highest BCUT2D eigenvalue weighted by Gasteiger charge is 2.25. The summed E-state index contributed by atoms with van der Waals surface area (Å²) in [6.07, 6.45) is 1.71. The lowest BCUT2D eigenvalue weighted by atomic mass is 10.1. The van der Waals surface area contributed by atoms with E-state index in [-0.39, 0.29) is 6.42 Å². The first kappa shape index (κ1) is 13.0. The lowest BCUT2D eigenvalue weighted by Gasteiger charge is -2.10. The number of carboxylic acids is 1. The van der Waals surface area contributed by atoms with Gasteiger partial charge in [0.15, 0.2) is 0 Å². The second-order valence-electron chi connectivity index (χ2n) is 4.65. The highest BCUT2D eigenvalue weighted by atomic mass is 16.4. The molecule has 0 radical (unpaired) electrons. The Morgan fingerprint density at radius 1 is 1.19 bits per heavy atom. The molecule has 1 aromatic carbocycles. The number of aromatic nitrogens is 4. The smallest absolute Gasteiger partial charge is 0.345 e. The number of nitrogens with zero attached hydrogens (tertiary/aromatic N) is 1. The summed E-state index contributed by atoms with van der Waals surface area (Å²) in [5.74, 6) is -1.24. The normalized spacial score (nSPS) is 12.6. The van der Waals surface area contributed by atoms with Crippen molar-refractivity contribution in [2.24, 2.45) is 0 Å².